The van der Waals surface area contributed by atoms with Crippen LogP contribution in [0, 0.1) is 5.92 Å². The summed E-state index contributed by atoms with van der Waals surface area (Å²) in [6.07, 6.45) is 4.25. The first-order chi connectivity index (χ1) is 17.5. The number of benzene rings is 2. The number of likely N-dealkylation sites (tertiary alicyclic amines) is 1. The topological polar surface area (TPSA) is 86.8 Å². The maximum Gasteiger partial charge on any atom is 0.251 e. The number of carbonyl (C=O) groups is 2. The first-order valence-electron chi connectivity index (χ1n) is 13.2. The predicted molar refractivity (Wildman–Crippen MR) is 147 cm³/mol. The van der Waals surface area contributed by atoms with Crippen molar-refractivity contribution in [2.24, 2.45) is 5.92 Å². The summed E-state index contributed by atoms with van der Waals surface area (Å²) in [6, 6.07) is 17.2. The maximum absolute atomic E-state index is 13.4. The molecule has 1 saturated carbocycles. The van der Waals surface area contributed by atoms with Crippen molar-refractivity contribution >= 4 is 21.7 Å². The van der Waals surface area contributed by atoms with Crippen LogP contribution in [0.3, 0.4) is 0 Å². The summed E-state index contributed by atoms with van der Waals surface area (Å²) < 4.78 is 24.5. The third-order valence-electron chi connectivity index (χ3n) is 8.00. The fraction of sp³-hybridized carbons (Fsp3) is 0.517. The van der Waals surface area contributed by atoms with Crippen molar-refractivity contribution in [3.05, 3.63) is 60.2 Å². The highest BCUT2D eigenvalue weighted by Crippen LogP contribution is 2.35. The maximum atomic E-state index is 13.4. The van der Waals surface area contributed by atoms with Gasteiger partial charge in [0.1, 0.15) is 15.9 Å². The Kier molecular flexibility index (Phi) is 8.39. The van der Waals surface area contributed by atoms with Crippen molar-refractivity contribution in [2.75, 3.05) is 25.6 Å². The molecule has 0 unspecified atom stereocenters. The van der Waals surface area contributed by atoms with Gasteiger partial charge in [-0.3, -0.25) is 9.59 Å². The van der Waals surface area contributed by atoms with Gasteiger partial charge in [-0.15, -0.1) is 0 Å². The van der Waals surface area contributed by atoms with E-state index in [9.17, 15) is 18.0 Å². The van der Waals surface area contributed by atoms with E-state index in [0.29, 0.717) is 30.6 Å². The first-order valence-corrected chi connectivity index (χ1v) is 15.3. The van der Waals surface area contributed by atoms with Crippen LogP contribution in [0.4, 0.5) is 0 Å². The van der Waals surface area contributed by atoms with E-state index in [1.165, 1.54) is 6.26 Å². The molecule has 4 rings (SSSR count). The molecule has 2 aliphatic rings. The third-order valence-corrected chi connectivity index (χ3v) is 9.03. The van der Waals surface area contributed by atoms with Gasteiger partial charge in [0.2, 0.25) is 5.91 Å². The minimum absolute atomic E-state index is 0.0766. The van der Waals surface area contributed by atoms with E-state index >= 15 is 0 Å². The largest absolute Gasteiger partial charge is 0.340 e. The zero-order chi connectivity index (χ0) is 26.7. The van der Waals surface area contributed by atoms with E-state index in [1.54, 1.807) is 6.07 Å². The van der Waals surface area contributed by atoms with Crippen LogP contribution in [-0.4, -0.2) is 79.8 Å². The minimum Gasteiger partial charge on any atom is -0.340 e. The Balaban J connectivity index is 1.45. The third kappa shape index (κ3) is 6.60. The van der Waals surface area contributed by atoms with Gasteiger partial charge in [0.15, 0.2) is 0 Å². The zero-order valence-electron chi connectivity index (χ0n) is 22.3. The molecule has 0 aromatic heterocycles. The van der Waals surface area contributed by atoms with Gasteiger partial charge in [-0.05, 0) is 75.8 Å². The molecule has 1 aliphatic carbocycles. The van der Waals surface area contributed by atoms with Crippen LogP contribution >= 0.6 is 0 Å². The molecule has 1 saturated heterocycles. The Morgan fingerprint density at radius 1 is 1.05 bits per heavy atom. The van der Waals surface area contributed by atoms with Gasteiger partial charge < -0.3 is 15.1 Å². The van der Waals surface area contributed by atoms with Crippen LogP contribution < -0.4 is 5.32 Å². The van der Waals surface area contributed by atoms with E-state index in [4.69, 9.17) is 0 Å². The molecular formula is C29H39N3O4S. The molecule has 200 valence electrons. The van der Waals surface area contributed by atoms with E-state index in [-0.39, 0.29) is 29.5 Å². The predicted octanol–water partition coefficient (Wildman–Crippen LogP) is 3.61. The lowest BCUT2D eigenvalue weighted by Gasteiger charge is -2.44. The van der Waals surface area contributed by atoms with Gasteiger partial charge >= 0.3 is 0 Å². The Labute approximate surface area is 221 Å². The quantitative estimate of drug-likeness (QED) is 0.569. The van der Waals surface area contributed by atoms with Crippen LogP contribution in [0.5, 0.6) is 0 Å². The normalized spacial score (nSPS) is 24.6. The van der Waals surface area contributed by atoms with Gasteiger partial charge in [0.25, 0.3) is 5.91 Å². The molecule has 7 nitrogen and oxygen atoms in total. The van der Waals surface area contributed by atoms with Gasteiger partial charge in [-0.25, -0.2) is 8.42 Å². The van der Waals surface area contributed by atoms with E-state index in [2.05, 4.69) is 31.1 Å². The van der Waals surface area contributed by atoms with Gasteiger partial charge in [-0.1, -0.05) is 42.5 Å². The van der Waals surface area contributed by atoms with Crippen molar-refractivity contribution in [2.45, 2.75) is 63.7 Å². The number of nitrogens with zero attached hydrogens (tertiary/aromatic N) is 2. The fourth-order valence-corrected chi connectivity index (χ4v) is 7.01. The van der Waals surface area contributed by atoms with Crippen molar-refractivity contribution in [3.63, 3.8) is 0 Å². The number of carbonyl (C=O) groups excluding carboxylic acids is 2. The monoisotopic (exact) mass is 525 g/mol. The van der Waals surface area contributed by atoms with Gasteiger partial charge in [-0.2, -0.15) is 0 Å². The second-order valence-electron chi connectivity index (χ2n) is 10.9. The summed E-state index contributed by atoms with van der Waals surface area (Å²) in [6.45, 7) is 4.82. The van der Waals surface area contributed by atoms with E-state index in [0.717, 1.165) is 30.4 Å². The number of nitrogens with one attached hydrogen (secondary N) is 1. The van der Waals surface area contributed by atoms with Crippen molar-refractivity contribution in [1.82, 2.24) is 15.1 Å². The second-order valence-corrected chi connectivity index (χ2v) is 13.1. The molecule has 4 atom stereocenters. The Morgan fingerprint density at radius 3 is 2.43 bits per heavy atom. The molecule has 2 amide bonds. The molecule has 1 N–H and O–H groups in total. The van der Waals surface area contributed by atoms with Crippen LogP contribution in [-0.2, 0) is 14.6 Å². The highest BCUT2D eigenvalue weighted by molar-refractivity contribution is 7.90. The molecule has 1 aliphatic heterocycles. The summed E-state index contributed by atoms with van der Waals surface area (Å²) in [5.41, 5.74) is 2.48. The highest BCUT2D eigenvalue weighted by Gasteiger charge is 2.43. The Morgan fingerprint density at radius 2 is 1.76 bits per heavy atom. The van der Waals surface area contributed by atoms with E-state index in [1.807, 2.05) is 53.4 Å². The fourth-order valence-electron chi connectivity index (χ4n) is 5.87. The lowest BCUT2D eigenvalue weighted by Crippen LogP contribution is -2.53. The van der Waals surface area contributed by atoms with Crippen molar-refractivity contribution in [1.29, 1.82) is 0 Å². The molecule has 0 bridgehead atoms. The Hall–Kier alpha value is -2.71. The standard InChI is InChI=1S/C29H39N3O4S/c1-20(2)31(3)25-13-14-27(24(18-25)19-37(4,35)36)32-16-15-26(29(32)34)30-28(33)23-12-8-11-22(17-23)21-9-6-5-7-10-21/h5-12,17,20,24-27H,13-16,18-19H2,1-4H3,(H,30,33)/t24-,25+,26-,27-/m0/s1. The van der Waals surface area contributed by atoms with Crippen molar-refractivity contribution < 1.29 is 18.0 Å². The molecule has 37 heavy (non-hydrogen) atoms. The molecule has 2 aromatic carbocycles. The average molecular weight is 526 g/mol. The SMILES string of the molecule is CC(C)N(C)[C@@H]1CC[C@H](N2CC[C@H](NC(=O)c3cccc(-c4ccccc4)c3)C2=O)[C@H](CS(C)(=O)=O)C1. The number of hydrogen-bond donors (Lipinski definition) is 1. The van der Waals surface area contributed by atoms with Gasteiger partial charge in [0.05, 0.1) is 5.75 Å². The second kappa shape index (κ2) is 11.4. The van der Waals surface area contributed by atoms with Crippen LogP contribution in [0.25, 0.3) is 11.1 Å². The smallest absolute Gasteiger partial charge is 0.251 e. The van der Waals surface area contributed by atoms with Crippen LogP contribution in [0.1, 0.15) is 49.9 Å². The van der Waals surface area contributed by atoms with Crippen LogP contribution in [0.2, 0.25) is 0 Å². The molecule has 8 heteroatoms. The lowest BCUT2D eigenvalue weighted by molar-refractivity contribution is -0.133. The number of hydrogen-bond acceptors (Lipinski definition) is 5. The van der Waals surface area contributed by atoms with Crippen molar-refractivity contribution in [3.8, 4) is 11.1 Å². The average Bonchev–Trinajstić information content (AvgIpc) is 3.22. The molecule has 0 spiro atoms. The summed E-state index contributed by atoms with van der Waals surface area (Å²) in [5, 5.41) is 2.94. The number of sulfone groups is 1. The lowest BCUT2D eigenvalue weighted by atomic mass is 9.81. The summed E-state index contributed by atoms with van der Waals surface area (Å²) in [4.78, 5) is 30.7. The zero-order valence-corrected chi connectivity index (χ0v) is 23.1. The molecule has 0 radical (unpaired) electrons. The van der Waals surface area contributed by atoms with Crippen LogP contribution in [0.15, 0.2) is 54.6 Å². The Bertz CT molecular complexity index is 1210. The molecule has 2 aromatic rings. The van der Waals surface area contributed by atoms with E-state index < -0.39 is 15.9 Å². The molecular weight excluding hydrogens is 486 g/mol. The summed E-state index contributed by atoms with van der Waals surface area (Å²) >= 11 is 0. The minimum atomic E-state index is -3.19. The molecule has 1 heterocycles. The number of amides is 2. The number of rotatable bonds is 8. The van der Waals surface area contributed by atoms with Gasteiger partial charge in [0, 0.05) is 36.5 Å². The summed E-state index contributed by atoms with van der Waals surface area (Å²) in [7, 11) is -1.11. The molecule has 2 fully saturated rings. The first kappa shape index (κ1) is 27.3. The highest BCUT2D eigenvalue weighted by atomic mass is 32.2. The summed E-state index contributed by atoms with van der Waals surface area (Å²) in [5.74, 6) is -0.414.